The predicted molar refractivity (Wildman–Crippen MR) is 62.9 cm³/mol. The molecule has 3 N–H and O–H groups in total. The van der Waals surface area contributed by atoms with Crippen molar-refractivity contribution < 1.29 is 9.84 Å². The van der Waals surface area contributed by atoms with E-state index in [1.165, 1.54) is 0 Å². The first-order chi connectivity index (χ1) is 6.97. The second kappa shape index (κ2) is 7.17. The lowest BCUT2D eigenvalue weighted by Gasteiger charge is -2.34. The largest absolute Gasteiger partial charge is 0.394 e. The molecule has 0 aromatic heterocycles. The number of hydrogen-bond acceptors (Lipinski definition) is 4. The van der Waals surface area contributed by atoms with Gasteiger partial charge in [0.2, 0.25) is 0 Å². The van der Waals surface area contributed by atoms with E-state index >= 15 is 0 Å². The minimum atomic E-state index is -0.175. The Morgan fingerprint density at radius 3 is 2.47 bits per heavy atom. The lowest BCUT2D eigenvalue weighted by molar-refractivity contribution is 0.0332. The predicted octanol–water partition coefficient (Wildman–Crippen LogP) is 0.443. The van der Waals surface area contributed by atoms with Crippen LogP contribution in [0.2, 0.25) is 0 Å². The summed E-state index contributed by atoms with van der Waals surface area (Å²) in [5, 5.41) is 9.19. The van der Waals surface area contributed by atoms with E-state index < -0.39 is 0 Å². The Hall–Kier alpha value is -0.160. The molecule has 0 radical (unpaired) electrons. The Balaban J connectivity index is 3.92. The fourth-order valence-electron chi connectivity index (χ4n) is 1.27. The number of hydrogen-bond donors (Lipinski definition) is 2. The summed E-state index contributed by atoms with van der Waals surface area (Å²) in [6, 6.07) is 0. The molecule has 0 heterocycles. The summed E-state index contributed by atoms with van der Waals surface area (Å²) in [7, 11) is 2.01. The first-order valence-corrected chi connectivity index (χ1v) is 5.61. The lowest BCUT2D eigenvalue weighted by atomic mass is 10.0. The van der Waals surface area contributed by atoms with Gasteiger partial charge in [-0.15, -0.1) is 0 Å². The Morgan fingerprint density at radius 2 is 2.07 bits per heavy atom. The first-order valence-electron chi connectivity index (χ1n) is 5.61. The molecule has 0 spiro atoms. The van der Waals surface area contributed by atoms with Gasteiger partial charge in [0.15, 0.2) is 0 Å². The highest BCUT2D eigenvalue weighted by molar-refractivity contribution is 4.78. The summed E-state index contributed by atoms with van der Waals surface area (Å²) >= 11 is 0. The highest BCUT2D eigenvalue weighted by Gasteiger charge is 2.22. The quantitative estimate of drug-likeness (QED) is 0.621. The molecule has 0 aromatic carbocycles. The van der Waals surface area contributed by atoms with Crippen LogP contribution in [-0.4, -0.2) is 55.0 Å². The monoisotopic (exact) mass is 218 g/mol. The van der Waals surface area contributed by atoms with Crippen molar-refractivity contribution >= 4 is 0 Å². The van der Waals surface area contributed by atoms with Crippen LogP contribution in [0.25, 0.3) is 0 Å². The molecule has 0 saturated heterocycles. The van der Waals surface area contributed by atoms with Crippen LogP contribution in [0, 0.1) is 0 Å². The smallest absolute Gasteiger partial charge is 0.0709 e. The van der Waals surface area contributed by atoms with Crippen LogP contribution in [0.4, 0.5) is 0 Å². The van der Waals surface area contributed by atoms with Gasteiger partial charge in [-0.25, -0.2) is 0 Å². The van der Waals surface area contributed by atoms with Gasteiger partial charge in [0.05, 0.1) is 12.7 Å². The number of aliphatic hydroxyl groups is 1. The molecule has 0 aromatic rings. The van der Waals surface area contributed by atoms with Crippen LogP contribution in [0.3, 0.4) is 0 Å². The van der Waals surface area contributed by atoms with Crippen molar-refractivity contribution in [3.05, 3.63) is 0 Å². The molecule has 0 bridgehead atoms. The van der Waals surface area contributed by atoms with E-state index in [1.807, 2.05) is 27.8 Å². The van der Waals surface area contributed by atoms with Gasteiger partial charge in [-0.05, 0) is 34.2 Å². The Morgan fingerprint density at radius 1 is 1.47 bits per heavy atom. The van der Waals surface area contributed by atoms with Crippen molar-refractivity contribution in [3.8, 4) is 0 Å². The fourth-order valence-corrected chi connectivity index (χ4v) is 1.27. The molecule has 0 fully saturated rings. The van der Waals surface area contributed by atoms with Gasteiger partial charge in [-0.2, -0.15) is 0 Å². The molecule has 1 atom stereocenters. The van der Waals surface area contributed by atoms with Gasteiger partial charge in [0.1, 0.15) is 0 Å². The van der Waals surface area contributed by atoms with Crippen LogP contribution < -0.4 is 5.73 Å². The van der Waals surface area contributed by atoms with Crippen molar-refractivity contribution in [2.45, 2.75) is 38.8 Å². The number of rotatable bonds is 8. The van der Waals surface area contributed by atoms with Crippen LogP contribution in [0.1, 0.15) is 27.2 Å². The molecule has 0 amide bonds. The highest BCUT2D eigenvalue weighted by atomic mass is 16.5. The first kappa shape index (κ1) is 14.8. The van der Waals surface area contributed by atoms with Gasteiger partial charge in [-0.1, -0.05) is 0 Å². The van der Waals surface area contributed by atoms with E-state index in [-0.39, 0.29) is 18.2 Å². The molecule has 0 saturated carbocycles. The normalized spacial score (nSPS) is 14.6. The molecule has 92 valence electrons. The van der Waals surface area contributed by atoms with Crippen molar-refractivity contribution in [1.29, 1.82) is 0 Å². The number of ether oxygens (including phenoxy) is 1. The van der Waals surface area contributed by atoms with Crippen molar-refractivity contribution in [1.82, 2.24) is 4.90 Å². The van der Waals surface area contributed by atoms with Gasteiger partial charge in [-0.3, -0.25) is 4.90 Å². The minimum Gasteiger partial charge on any atom is -0.394 e. The number of nitrogens with zero attached hydrogens (tertiary/aromatic N) is 1. The van der Waals surface area contributed by atoms with E-state index in [1.54, 1.807) is 0 Å². The topological polar surface area (TPSA) is 58.7 Å². The zero-order valence-corrected chi connectivity index (χ0v) is 10.5. The molecule has 0 aliphatic heterocycles. The molecule has 0 rings (SSSR count). The molecular weight excluding hydrogens is 192 g/mol. The van der Waals surface area contributed by atoms with Crippen molar-refractivity contribution in [2.75, 3.05) is 33.4 Å². The summed E-state index contributed by atoms with van der Waals surface area (Å²) < 4.78 is 5.47. The highest BCUT2D eigenvalue weighted by Crippen LogP contribution is 2.12. The third kappa shape index (κ3) is 5.47. The maximum atomic E-state index is 9.19. The van der Waals surface area contributed by atoms with Crippen LogP contribution >= 0.6 is 0 Å². The molecule has 4 nitrogen and oxygen atoms in total. The van der Waals surface area contributed by atoms with Gasteiger partial charge < -0.3 is 15.6 Å². The molecule has 0 aliphatic carbocycles. The Kier molecular flexibility index (Phi) is 7.09. The lowest BCUT2D eigenvalue weighted by Crippen LogP contribution is -2.45. The van der Waals surface area contributed by atoms with Gasteiger partial charge >= 0.3 is 0 Å². The maximum Gasteiger partial charge on any atom is 0.0709 e. The zero-order valence-electron chi connectivity index (χ0n) is 10.5. The molecule has 1 unspecified atom stereocenters. The third-order valence-electron chi connectivity index (χ3n) is 2.87. The maximum absolute atomic E-state index is 9.19. The summed E-state index contributed by atoms with van der Waals surface area (Å²) in [5.41, 5.74) is 5.42. The van der Waals surface area contributed by atoms with Gasteiger partial charge in [0, 0.05) is 25.2 Å². The van der Waals surface area contributed by atoms with Crippen LogP contribution in [0.5, 0.6) is 0 Å². The summed E-state index contributed by atoms with van der Waals surface area (Å²) in [4.78, 5) is 2.13. The van der Waals surface area contributed by atoms with Crippen molar-refractivity contribution in [3.63, 3.8) is 0 Å². The fraction of sp³-hybridized carbons (Fsp3) is 1.00. The van der Waals surface area contributed by atoms with Crippen LogP contribution in [-0.2, 0) is 4.74 Å². The standard InChI is InChI=1S/C11H26N2O2/c1-5-15-10(8-12)6-7-13(4)11(2,3)9-14/h10,14H,5-9,12H2,1-4H3. The SMILES string of the molecule is CCOC(CN)CCN(C)C(C)(C)CO. The summed E-state index contributed by atoms with van der Waals surface area (Å²) in [5.74, 6) is 0. The Labute approximate surface area is 93.4 Å². The van der Waals surface area contributed by atoms with E-state index in [0.29, 0.717) is 13.2 Å². The number of aliphatic hydroxyl groups excluding tert-OH is 1. The van der Waals surface area contributed by atoms with Crippen LogP contribution in [0.15, 0.2) is 0 Å². The second-order valence-electron chi connectivity index (χ2n) is 4.49. The number of nitrogens with two attached hydrogens (primary N) is 1. The van der Waals surface area contributed by atoms with E-state index in [9.17, 15) is 5.11 Å². The summed E-state index contributed by atoms with van der Waals surface area (Å²) in [6.45, 7) is 8.32. The Bertz CT molecular complexity index is 163. The molecule has 0 aliphatic rings. The summed E-state index contributed by atoms with van der Waals surface area (Å²) in [6.07, 6.45) is 1.04. The van der Waals surface area contributed by atoms with E-state index in [2.05, 4.69) is 4.90 Å². The van der Waals surface area contributed by atoms with E-state index in [0.717, 1.165) is 13.0 Å². The molecular formula is C11H26N2O2. The minimum absolute atomic E-state index is 0.131. The van der Waals surface area contributed by atoms with Gasteiger partial charge in [0.25, 0.3) is 0 Å². The molecule has 15 heavy (non-hydrogen) atoms. The van der Waals surface area contributed by atoms with E-state index in [4.69, 9.17) is 10.5 Å². The average molecular weight is 218 g/mol. The number of likely N-dealkylation sites (N-methyl/N-ethyl adjacent to an activating group) is 1. The average Bonchev–Trinajstić information content (AvgIpc) is 2.23. The van der Waals surface area contributed by atoms with Crippen molar-refractivity contribution in [2.24, 2.45) is 5.73 Å². The third-order valence-corrected chi connectivity index (χ3v) is 2.87. The second-order valence-corrected chi connectivity index (χ2v) is 4.49. The zero-order chi connectivity index (χ0) is 11.9. The molecule has 4 heteroatoms.